The van der Waals surface area contributed by atoms with E-state index in [0.717, 1.165) is 34.4 Å². The molecule has 2 rings (SSSR count). The molecule has 0 spiro atoms. The monoisotopic (exact) mass is 380 g/mol. The Bertz CT molecular complexity index is 706. The van der Waals surface area contributed by atoms with Gasteiger partial charge >= 0.3 is 0 Å². The van der Waals surface area contributed by atoms with Crippen LogP contribution in [0.4, 0.5) is 10.8 Å². The Hall–Kier alpha value is -1.80. The highest BCUT2D eigenvalue weighted by atomic mass is 32.2. The van der Waals surface area contributed by atoms with Crippen molar-refractivity contribution in [3.8, 4) is 5.75 Å². The number of nitrogens with one attached hydrogen (secondary N) is 2. The Morgan fingerprint density at radius 2 is 2.20 bits per heavy atom. The lowest BCUT2D eigenvalue weighted by atomic mass is 10.2. The van der Waals surface area contributed by atoms with E-state index >= 15 is 0 Å². The van der Waals surface area contributed by atoms with Gasteiger partial charge in [-0.25, -0.2) is 0 Å². The van der Waals surface area contributed by atoms with Crippen molar-refractivity contribution in [1.29, 1.82) is 0 Å². The molecule has 0 saturated heterocycles. The molecule has 0 unspecified atom stereocenters. The third kappa shape index (κ3) is 5.89. The van der Waals surface area contributed by atoms with Gasteiger partial charge in [0.15, 0.2) is 4.34 Å². The van der Waals surface area contributed by atoms with E-state index in [-0.39, 0.29) is 11.2 Å². The minimum Gasteiger partial charge on any atom is -0.495 e. The number of aryl methyl sites for hydroxylation is 1. The van der Waals surface area contributed by atoms with E-state index < -0.39 is 0 Å². The Kier molecular flexibility index (Phi) is 7.52. The van der Waals surface area contributed by atoms with Crippen LogP contribution in [-0.4, -0.2) is 35.0 Å². The molecule has 1 aromatic carbocycles. The number of ether oxygens (including phenoxy) is 1. The fourth-order valence-electron chi connectivity index (χ4n) is 2.06. The van der Waals surface area contributed by atoms with Gasteiger partial charge in [0.25, 0.3) is 0 Å². The molecule has 0 aliphatic heterocycles. The molecular weight excluding hydrogens is 356 g/mol. The number of nitrogens with zero attached hydrogens (tertiary/aromatic N) is 2. The van der Waals surface area contributed by atoms with Gasteiger partial charge in [-0.15, -0.1) is 10.2 Å². The number of thioether (sulfide) groups is 1. The highest BCUT2D eigenvalue weighted by molar-refractivity contribution is 8.02. The molecule has 0 aliphatic rings. The lowest BCUT2D eigenvalue weighted by Gasteiger charge is -2.13. The normalized spacial score (nSPS) is 11.8. The van der Waals surface area contributed by atoms with Crippen LogP contribution in [0.3, 0.4) is 0 Å². The minimum absolute atomic E-state index is 0.0930. The highest BCUT2D eigenvalue weighted by Crippen LogP contribution is 2.31. The first-order chi connectivity index (χ1) is 12.0. The minimum atomic E-state index is -0.290. The van der Waals surface area contributed by atoms with E-state index in [1.807, 2.05) is 32.0 Å². The number of amides is 1. The largest absolute Gasteiger partial charge is 0.495 e. The Morgan fingerprint density at radius 1 is 1.40 bits per heavy atom. The first kappa shape index (κ1) is 19.5. The maximum atomic E-state index is 12.5. The van der Waals surface area contributed by atoms with Crippen molar-refractivity contribution >= 4 is 39.8 Å². The van der Waals surface area contributed by atoms with Crippen LogP contribution in [0.15, 0.2) is 22.5 Å². The SMILES string of the molecule is CCCCNc1nnc(S[C@H](C)C(=O)Nc2cc(C)ccc2OC)s1. The number of hydrogen-bond acceptors (Lipinski definition) is 7. The standard InChI is InChI=1S/C17H24N4O2S2/c1-5-6-9-18-16-20-21-17(25-16)24-12(3)15(22)19-13-10-11(2)7-8-14(13)23-4/h7-8,10,12H,5-6,9H2,1-4H3,(H,18,20)(H,19,22)/t12-/m1/s1. The lowest BCUT2D eigenvalue weighted by Crippen LogP contribution is -2.22. The van der Waals surface area contributed by atoms with E-state index in [0.29, 0.717) is 11.4 Å². The number of hydrogen-bond donors (Lipinski definition) is 2. The topological polar surface area (TPSA) is 76.1 Å². The average molecular weight is 381 g/mol. The maximum Gasteiger partial charge on any atom is 0.237 e. The summed E-state index contributed by atoms with van der Waals surface area (Å²) in [4.78, 5) is 12.5. The van der Waals surface area contributed by atoms with Gasteiger partial charge in [-0.1, -0.05) is 42.5 Å². The molecule has 1 amide bonds. The zero-order valence-electron chi connectivity index (χ0n) is 15.0. The number of carbonyl (C=O) groups excluding carboxylic acids is 1. The summed E-state index contributed by atoms with van der Waals surface area (Å²) in [5.41, 5.74) is 1.74. The van der Waals surface area contributed by atoms with Crippen LogP contribution in [0, 0.1) is 6.92 Å². The van der Waals surface area contributed by atoms with Crippen LogP contribution in [0.5, 0.6) is 5.75 Å². The average Bonchev–Trinajstić information content (AvgIpc) is 3.02. The van der Waals surface area contributed by atoms with Gasteiger partial charge in [-0.3, -0.25) is 4.79 Å². The Balaban J connectivity index is 1.93. The summed E-state index contributed by atoms with van der Waals surface area (Å²) >= 11 is 2.87. The highest BCUT2D eigenvalue weighted by Gasteiger charge is 2.18. The zero-order chi connectivity index (χ0) is 18.2. The molecule has 0 radical (unpaired) electrons. The first-order valence-electron chi connectivity index (χ1n) is 8.23. The number of rotatable bonds is 9. The molecule has 0 fully saturated rings. The molecule has 0 saturated carbocycles. The van der Waals surface area contributed by atoms with E-state index in [2.05, 4.69) is 27.8 Å². The van der Waals surface area contributed by atoms with Crippen molar-refractivity contribution in [2.75, 3.05) is 24.3 Å². The van der Waals surface area contributed by atoms with Crippen LogP contribution in [0.2, 0.25) is 0 Å². The van der Waals surface area contributed by atoms with Crippen LogP contribution < -0.4 is 15.4 Å². The summed E-state index contributed by atoms with van der Waals surface area (Å²) in [6.45, 7) is 6.86. The number of benzene rings is 1. The van der Waals surface area contributed by atoms with E-state index in [1.54, 1.807) is 7.11 Å². The summed E-state index contributed by atoms with van der Waals surface area (Å²) in [6.07, 6.45) is 2.23. The van der Waals surface area contributed by atoms with Gasteiger partial charge in [-0.05, 0) is 38.0 Å². The second-order valence-electron chi connectivity index (χ2n) is 5.61. The fraction of sp³-hybridized carbons (Fsp3) is 0.471. The third-order valence-electron chi connectivity index (χ3n) is 3.47. The quantitative estimate of drug-likeness (QED) is 0.502. The van der Waals surface area contributed by atoms with E-state index in [9.17, 15) is 4.79 Å². The Labute approximate surface area is 156 Å². The lowest BCUT2D eigenvalue weighted by molar-refractivity contribution is -0.115. The van der Waals surface area contributed by atoms with Crippen molar-refractivity contribution in [1.82, 2.24) is 10.2 Å². The van der Waals surface area contributed by atoms with Gasteiger partial charge in [0.1, 0.15) is 5.75 Å². The predicted molar refractivity (Wildman–Crippen MR) is 105 cm³/mol. The van der Waals surface area contributed by atoms with Gasteiger partial charge in [0.05, 0.1) is 18.0 Å². The number of carbonyl (C=O) groups is 1. The smallest absolute Gasteiger partial charge is 0.237 e. The van der Waals surface area contributed by atoms with Crippen molar-refractivity contribution < 1.29 is 9.53 Å². The first-order valence-corrected chi connectivity index (χ1v) is 9.92. The summed E-state index contributed by atoms with van der Waals surface area (Å²) < 4.78 is 6.08. The number of unbranched alkanes of at least 4 members (excludes halogenated alkanes) is 1. The van der Waals surface area contributed by atoms with Crippen molar-refractivity contribution in [2.24, 2.45) is 0 Å². The van der Waals surface area contributed by atoms with Gasteiger partial charge in [-0.2, -0.15) is 0 Å². The van der Waals surface area contributed by atoms with Crippen LogP contribution in [-0.2, 0) is 4.79 Å². The van der Waals surface area contributed by atoms with Crippen molar-refractivity contribution in [3.63, 3.8) is 0 Å². The molecule has 8 heteroatoms. The fourth-order valence-corrected chi connectivity index (χ4v) is 3.98. The van der Waals surface area contributed by atoms with Gasteiger partial charge in [0.2, 0.25) is 11.0 Å². The molecule has 25 heavy (non-hydrogen) atoms. The Morgan fingerprint density at radius 3 is 2.92 bits per heavy atom. The number of methoxy groups -OCH3 is 1. The molecule has 1 heterocycles. The summed E-state index contributed by atoms with van der Waals surface area (Å²) in [6, 6.07) is 5.69. The van der Waals surface area contributed by atoms with Crippen LogP contribution in [0.1, 0.15) is 32.3 Å². The molecule has 1 aromatic heterocycles. The zero-order valence-corrected chi connectivity index (χ0v) is 16.6. The summed E-state index contributed by atoms with van der Waals surface area (Å²) in [7, 11) is 1.59. The number of anilines is 2. The molecule has 136 valence electrons. The molecule has 2 N–H and O–H groups in total. The third-order valence-corrected chi connectivity index (χ3v) is 5.54. The predicted octanol–water partition coefficient (Wildman–Crippen LogP) is 4.19. The number of aromatic nitrogens is 2. The maximum absolute atomic E-state index is 12.5. The van der Waals surface area contributed by atoms with Gasteiger partial charge < -0.3 is 15.4 Å². The molecule has 0 aliphatic carbocycles. The summed E-state index contributed by atoms with van der Waals surface area (Å²) in [5, 5.41) is 14.9. The van der Waals surface area contributed by atoms with Crippen molar-refractivity contribution in [2.45, 2.75) is 43.2 Å². The van der Waals surface area contributed by atoms with Crippen molar-refractivity contribution in [3.05, 3.63) is 23.8 Å². The van der Waals surface area contributed by atoms with Crippen LogP contribution in [0.25, 0.3) is 0 Å². The van der Waals surface area contributed by atoms with Gasteiger partial charge in [0, 0.05) is 6.54 Å². The molecular formula is C17H24N4O2S2. The van der Waals surface area contributed by atoms with E-state index in [4.69, 9.17) is 4.74 Å². The second-order valence-corrected chi connectivity index (χ2v) is 8.17. The van der Waals surface area contributed by atoms with E-state index in [1.165, 1.54) is 23.1 Å². The molecule has 6 nitrogen and oxygen atoms in total. The molecule has 0 bridgehead atoms. The summed E-state index contributed by atoms with van der Waals surface area (Å²) in [5.74, 6) is 0.555. The molecule has 2 aromatic rings. The molecule has 1 atom stereocenters. The second kappa shape index (κ2) is 9.62. The van der Waals surface area contributed by atoms with Crippen LogP contribution >= 0.6 is 23.1 Å².